The third kappa shape index (κ3) is 4.62. The SMILES string of the molecule is Cc1ccc(S(=O)(=O)N2CCOCC2)cc1C(=O)OCc1cc(C#N)ccc1F. The first-order valence-corrected chi connectivity index (χ1v) is 10.3. The number of sulfonamides is 1. The highest BCUT2D eigenvalue weighted by molar-refractivity contribution is 7.89. The van der Waals surface area contributed by atoms with Crippen molar-refractivity contribution in [2.75, 3.05) is 26.3 Å². The number of rotatable bonds is 5. The van der Waals surface area contributed by atoms with Gasteiger partial charge in [0.2, 0.25) is 10.0 Å². The number of ether oxygens (including phenoxy) is 2. The van der Waals surface area contributed by atoms with Crippen molar-refractivity contribution in [2.45, 2.75) is 18.4 Å². The van der Waals surface area contributed by atoms with E-state index < -0.39 is 21.8 Å². The smallest absolute Gasteiger partial charge is 0.338 e. The molecule has 1 fully saturated rings. The predicted octanol–water partition coefficient (Wildman–Crippen LogP) is 2.38. The third-order valence-electron chi connectivity index (χ3n) is 4.57. The van der Waals surface area contributed by atoms with E-state index in [1.807, 2.05) is 6.07 Å². The van der Waals surface area contributed by atoms with Gasteiger partial charge < -0.3 is 9.47 Å². The number of halogens is 1. The molecule has 0 atom stereocenters. The minimum Gasteiger partial charge on any atom is -0.457 e. The Morgan fingerprint density at radius 1 is 1.24 bits per heavy atom. The van der Waals surface area contributed by atoms with Gasteiger partial charge in [-0.3, -0.25) is 0 Å². The number of carbonyl (C=O) groups excluding carboxylic acids is 1. The van der Waals surface area contributed by atoms with Crippen LogP contribution in [0, 0.1) is 24.1 Å². The van der Waals surface area contributed by atoms with E-state index in [1.54, 1.807) is 6.92 Å². The summed E-state index contributed by atoms with van der Waals surface area (Å²) in [6.07, 6.45) is 0. The number of aryl methyl sites for hydroxylation is 1. The number of esters is 1. The minimum atomic E-state index is -3.77. The molecule has 1 aliphatic heterocycles. The van der Waals surface area contributed by atoms with Gasteiger partial charge in [0.15, 0.2) is 0 Å². The molecule has 1 aliphatic rings. The van der Waals surface area contributed by atoms with Crippen molar-refractivity contribution in [1.82, 2.24) is 4.31 Å². The van der Waals surface area contributed by atoms with E-state index in [0.29, 0.717) is 18.8 Å². The molecule has 1 saturated heterocycles. The lowest BCUT2D eigenvalue weighted by Gasteiger charge is -2.26. The van der Waals surface area contributed by atoms with Crippen LogP contribution in [0.4, 0.5) is 4.39 Å². The molecule has 0 aromatic heterocycles. The summed E-state index contributed by atoms with van der Waals surface area (Å²) in [6, 6.07) is 9.88. The van der Waals surface area contributed by atoms with Crippen LogP contribution in [-0.4, -0.2) is 45.0 Å². The molecule has 3 rings (SSSR count). The summed E-state index contributed by atoms with van der Waals surface area (Å²) in [4.78, 5) is 12.5. The first-order chi connectivity index (χ1) is 13.8. The van der Waals surface area contributed by atoms with Crippen LogP contribution in [0.25, 0.3) is 0 Å². The largest absolute Gasteiger partial charge is 0.457 e. The zero-order valence-corrected chi connectivity index (χ0v) is 16.5. The van der Waals surface area contributed by atoms with Crippen LogP contribution >= 0.6 is 0 Å². The number of morpholine rings is 1. The molecule has 0 amide bonds. The van der Waals surface area contributed by atoms with Gasteiger partial charge in [0.1, 0.15) is 12.4 Å². The lowest BCUT2D eigenvalue weighted by Crippen LogP contribution is -2.40. The molecule has 9 heteroatoms. The molecule has 1 heterocycles. The van der Waals surface area contributed by atoms with Crippen molar-refractivity contribution < 1.29 is 27.1 Å². The summed E-state index contributed by atoms with van der Waals surface area (Å²) < 4.78 is 51.1. The second-order valence-electron chi connectivity index (χ2n) is 6.49. The van der Waals surface area contributed by atoms with Crippen molar-refractivity contribution in [2.24, 2.45) is 0 Å². The van der Waals surface area contributed by atoms with Gasteiger partial charge in [-0.2, -0.15) is 9.57 Å². The normalized spacial score (nSPS) is 14.9. The first-order valence-electron chi connectivity index (χ1n) is 8.87. The van der Waals surface area contributed by atoms with Crippen LogP contribution in [0.2, 0.25) is 0 Å². The van der Waals surface area contributed by atoms with E-state index in [9.17, 15) is 17.6 Å². The van der Waals surface area contributed by atoms with E-state index >= 15 is 0 Å². The second kappa shape index (κ2) is 8.69. The minimum absolute atomic E-state index is 0.0189. The highest BCUT2D eigenvalue weighted by atomic mass is 32.2. The molecule has 0 radical (unpaired) electrons. The van der Waals surface area contributed by atoms with Crippen LogP contribution in [0.5, 0.6) is 0 Å². The molecule has 0 bridgehead atoms. The fraction of sp³-hybridized carbons (Fsp3) is 0.300. The monoisotopic (exact) mass is 418 g/mol. The maximum atomic E-state index is 13.9. The Bertz CT molecular complexity index is 1070. The molecule has 2 aromatic rings. The number of nitrogens with zero attached hydrogens (tertiary/aromatic N) is 2. The quantitative estimate of drug-likeness (QED) is 0.692. The summed E-state index contributed by atoms with van der Waals surface area (Å²) in [6.45, 7) is 2.38. The summed E-state index contributed by atoms with van der Waals surface area (Å²) in [7, 11) is -3.77. The number of hydrogen-bond donors (Lipinski definition) is 0. The van der Waals surface area contributed by atoms with E-state index in [0.717, 1.165) is 6.07 Å². The maximum absolute atomic E-state index is 13.9. The van der Waals surface area contributed by atoms with Crippen molar-refractivity contribution in [1.29, 1.82) is 5.26 Å². The first kappa shape index (κ1) is 20.9. The molecule has 7 nitrogen and oxygen atoms in total. The zero-order chi connectivity index (χ0) is 21.0. The predicted molar refractivity (Wildman–Crippen MR) is 101 cm³/mol. The second-order valence-corrected chi connectivity index (χ2v) is 8.43. The van der Waals surface area contributed by atoms with Crippen molar-refractivity contribution in [3.63, 3.8) is 0 Å². The number of nitriles is 1. The number of benzene rings is 2. The highest BCUT2D eigenvalue weighted by Crippen LogP contribution is 2.22. The molecule has 0 unspecified atom stereocenters. The molecule has 2 aromatic carbocycles. The van der Waals surface area contributed by atoms with Crippen LogP contribution in [0.1, 0.15) is 27.0 Å². The van der Waals surface area contributed by atoms with Gasteiger partial charge in [0.05, 0.1) is 35.3 Å². The molecule has 0 N–H and O–H groups in total. The van der Waals surface area contributed by atoms with E-state index in [4.69, 9.17) is 14.7 Å². The number of carbonyl (C=O) groups is 1. The van der Waals surface area contributed by atoms with Gasteiger partial charge in [-0.25, -0.2) is 17.6 Å². The fourth-order valence-corrected chi connectivity index (χ4v) is 4.33. The van der Waals surface area contributed by atoms with Gasteiger partial charge in [-0.1, -0.05) is 6.07 Å². The van der Waals surface area contributed by atoms with Crippen LogP contribution in [-0.2, 0) is 26.1 Å². The van der Waals surface area contributed by atoms with Crippen LogP contribution in [0.3, 0.4) is 0 Å². The maximum Gasteiger partial charge on any atom is 0.338 e. The molecule has 0 saturated carbocycles. The average Bonchev–Trinajstić information content (AvgIpc) is 2.73. The molecular weight excluding hydrogens is 399 g/mol. The average molecular weight is 418 g/mol. The standard InChI is InChI=1S/C20H19FN2O5S/c1-14-2-4-17(29(25,26)23-6-8-27-9-7-23)11-18(14)20(24)28-13-16-10-15(12-22)3-5-19(16)21/h2-5,10-11H,6-9,13H2,1H3. The van der Waals surface area contributed by atoms with Crippen molar-refractivity contribution in [3.8, 4) is 6.07 Å². The van der Waals surface area contributed by atoms with E-state index in [-0.39, 0.29) is 41.3 Å². The summed E-state index contributed by atoms with van der Waals surface area (Å²) in [5.74, 6) is -1.37. The Hall–Kier alpha value is -2.80. The van der Waals surface area contributed by atoms with Gasteiger partial charge in [0, 0.05) is 18.7 Å². The lowest BCUT2D eigenvalue weighted by atomic mass is 10.1. The number of hydrogen-bond acceptors (Lipinski definition) is 6. The molecule has 0 spiro atoms. The van der Waals surface area contributed by atoms with E-state index in [2.05, 4.69) is 0 Å². The molecule has 29 heavy (non-hydrogen) atoms. The Balaban J connectivity index is 1.81. The van der Waals surface area contributed by atoms with Gasteiger partial charge in [-0.05, 0) is 42.8 Å². The van der Waals surface area contributed by atoms with Gasteiger partial charge in [-0.15, -0.1) is 0 Å². The molecular formula is C20H19FN2O5S. The van der Waals surface area contributed by atoms with E-state index in [1.165, 1.54) is 34.6 Å². The molecule has 152 valence electrons. The van der Waals surface area contributed by atoms with Gasteiger partial charge in [0.25, 0.3) is 0 Å². The Kier molecular flexibility index (Phi) is 6.27. The Morgan fingerprint density at radius 3 is 2.66 bits per heavy atom. The topological polar surface area (TPSA) is 96.7 Å². The lowest BCUT2D eigenvalue weighted by molar-refractivity contribution is 0.0467. The highest BCUT2D eigenvalue weighted by Gasteiger charge is 2.27. The Morgan fingerprint density at radius 2 is 1.97 bits per heavy atom. The fourth-order valence-electron chi connectivity index (χ4n) is 2.89. The molecule has 0 aliphatic carbocycles. The summed E-state index contributed by atoms with van der Waals surface area (Å²) >= 11 is 0. The third-order valence-corrected chi connectivity index (χ3v) is 6.46. The Labute approximate surface area is 168 Å². The van der Waals surface area contributed by atoms with Crippen molar-refractivity contribution in [3.05, 3.63) is 64.5 Å². The zero-order valence-electron chi connectivity index (χ0n) is 15.7. The van der Waals surface area contributed by atoms with Crippen molar-refractivity contribution >= 4 is 16.0 Å². The summed E-state index contributed by atoms with van der Waals surface area (Å²) in [5, 5.41) is 8.91. The van der Waals surface area contributed by atoms with Crippen LogP contribution in [0.15, 0.2) is 41.3 Å². The van der Waals surface area contributed by atoms with Gasteiger partial charge >= 0.3 is 5.97 Å². The van der Waals surface area contributed by atoms with Crippen LogP contribution < -0.4 is 0 Å². The summed E-state index contributed by atoms with van der Waals surface area (Å²) in [5.41, 5.74) is 0.915.